The third-order valence-electron chi connectivity index (χ3n) is 11.1. The summed E-state index contributed by atoms with van der Waals surface area (Å²) in [4.78, 5) is 15.1. The lowest BCUT2D eigenvalue weighted by Crippen LogP contribution is -2.00. The van der Waals surface area contributed by atoms with Crippen LogP contribution >= 0.6 is 0 Å². The Kier molecular flexibility index (Phi) is 7.64. The van der Waals surface area contributed by atoms with Gasteiger partial charge in [0.1, 0.15) is 0 Å². The largest absolute Gasteiger partial charge is 0.309 e. The minimum Gasteiger partial charge on any atom is -0.309 e. The van der Waals surface area contributed by atoms with E-state index in [1.54, 1.807) is 0 Å². The van der Waals surface area contributed by atoms with Crippen molar-refractivity contribution in [1.82, 2.24) is 24.1 Å². The van der Waals surface area contributed by atoms with Crippen molar-refractivity contribution < 1.29 is 0 Å². The van der Waals surface area contributed by atoms with E-state index in [2.05, 4.69) is 150 Å². The smallest absolute Gasteiger partial charge is 0.164 e. The second kappa shape index (κ2) is 13.3. The summed E-state index contributed by atoms with van der Waals surface area (Å²) in [7, 11) is 0. The zero-order valence-electron chi connectivity index (χ0n) is 31.2. The number of hydrogen-bond donors (Lipinski definition) is 0. The molecule has 268 valence electrons. The van der Waals surface area contributed by atoms with Crippen LogP contribution in [0.3, 0.4) is 0 Å². The number of rotatable bonds is 6. The molecule has 3 aromatic heterocycles. The first-order valence-electron chi connectivity index (χ1n) is 19.3. The van der Waals surface area contributed by atoms with Crippen LogP contribution in [0.5, 0.6) is 0 Å². The molecule has 0 radical (unpaired) electrons. The second-order valence-corrected chi connectivity index (χ2v) is 14.5. The van der Waals surface area contributed by atoms with Crippen LogP contribution in [0, 0.1) is 6.92 Å². The molecular formula is C52H35N5. The first-order valence-corrected chi connectivity index (χ1v) is 19.3. The van der Waals surface area contributed by atoms with Gasteiger partial charge in [-0.15, -0.1) is 0 Å². The van der Waals surface area contributed by atoms with Crippen molar-refractivity contribution in [2.24, 2.45) is 0 Å². The fourth-order valence-electron chi connectivity index (χ4n) is 8.36. The summed E-state index contributed by atoms with van der Waals surface area (Å²) in [6.45, 7) is 2.18. The van der Waals surface area contributed by atoms with Crippen molar-refractivity contribution in [3.8, 4) is 56.7 Å². The fraction of sp³-hybridized carbons (Fsp3) is 0.0192. The summed E-state index contributed by atoms with van der Waals surface area (Å²) in [5.41, 5.74) is 13.3. The molecule has 0 aliphatic rings. The second-order valence-electron chi connectivity index (χ2n) is 14.5. The molecule has 0 unspecified atom stereocenters. The van der Waals surface area contributed by atoms with Crippen LogP contribution in [-0.4, -0.2) is 24.1 Å². The van der Waals surface area contributed by atoms with Gasteiger partial charge in [-0.1, -0.05) is 133 Å². The van der Waals surface area contributed by atoms with E-state index in [4.69, 9.17) is 15.0 Å². The maximum atomic E-state index is 5.07. The number of benzene rings is 8. The first kappa shape index (κ1) is 32.8. The van der Waals surface area contributed by atoms with Crippen molar-refractivity contribution in [3.05, 3.63) is 200 Å². The van der Waals surface area contributed by atoms with Crippen molar-refractivity contribution in [2.75, 3.05) is 0 Å². The third kappa shape index (κ3) is 5.51. The van der Waals surface area contributed by atoms with Crippen molar-refractivity contribution >= 4 is 43.6 Å². The highest BCUT2D eigenvalue weighted by atomic mass is 15.0. The van der Waals surface area contributed by atoms with Gasteiger partial charge in [0.15, 0.2) is 17.5 Å². The van der Waals surface area contributed by atoms with Gasteiger partial charge in [0.2, 0.25) is 0 Å². The van der Waals surface area contributed by atoms with E-state index in [0.29, 0.717) is 17.5 Å². The lowest BCUT2D eigenvalue weighted by Gasteiger charge is -2.12. The summed E-state index contributed by atoms with van der Waals surface area (Å²) < 4.78 is 4.75. The first-order chi connectivity index (χ1) is 28.2. The van der Waals surface area contributed by atoms with E-state index in [1.807, 2.05) is 60.7 Å². The van der Waals surface area contributed by atoms with Crippen LogP contribution < -0.4 is 0 Å². The van der Waals surface area contributed by atoms with Crippen LogP contribution in [0.15, 0.2) is 194 Å². The summed E-state index contributed by atoms with van der Waals surface area (Å²) in [5, 5.41) is 4.82. The van der Waals surface area contributed by atoms with E-state index in [-0.39, 0.29) is 0 Å². The maximum Gasteiger partial charge on any atom is 0.164 e. The van der Waals surface area contributed by atoms with E-state index in [1.165, 1.54) is 32.8 Å². The third-order valence-corrected chi connectivity index (χ3v) is 11.1. The van der Waals surface area contributed by atoms with Gasteiger partial charge in [-0.25, -0.2) is 15.0 Å². The predicted molar refractivity (Wildman–Crippen MR) is 235 cm³/mol. The number of nitrogens with zero attached hydrogens (tertiary/aromatic N) is 5. The lowest BCUT2D eigenvalue weighted by molar-refractivity contribution is 1.07. The van der Waals surface area contributed by atoms with Gasteiger partial charge in [0, 0.05) is 49.6 Å². The average molecular weight is 730 g/mol. The van der Waals surface area contributed by atoms with Gasteiger partial charge in [0.05, 0.1) is 22.1 Å². The molecule has 3 heterocycles. The van der Waals surface area contributed by atoms with Gasteiger partial charge in [-0.3, -0.25) is 0 Å². The molecule has 0 aliphatic heterocycles. The number of fused-ring (bicyclic) bond motifs is 6. The Morgan fingerprint density at radius 3 is 1.33 bits per heavy atom. The Hall–Kier alpha value is -7.63. The topological polar surface area (TPSA) is 48.5 Å². The molecule has 0 N–H and O–H groups in total. The molecule has 0 fully saturated rings. The lowest BCUT2D eigenvalue weighted by atomic mass is 10.0. The Morgan fingerprint density at radius 2 is 0.754 bits per heavy atom. The van der Waals surface area contributed by atoms with Crippen LogP contribution in [0.2, 0.25) is 0 Å². The van der Waals surface area contributed by atoms with E-state index in [9.17, 15) is 0 Å². The summed E-state index contributed by atoms with van der Waals surface area (Å²) in [6, 6.07) is 68.6. The summed E-state index contributed by atoms with van der Waals surface area (Å²) in [6.07, 6.45) is 0. The molecule has 57 heavy (non-hydrogen) atoms. The highest BCUT2D eigenvalue weighted by Crippen LogP contribution is 2.39. The van der Waals surface area contributed by atoms with Gasteiger partial charge < -0.3 is 9.13 Å². The Bertz CT molecular complexity index is 3180. The monoisotopic (exact) mass is 729 g/mol. The highest BCUT2D eigenvalue weighted by molar-refractivity contribution is 6.12. The Labute approximate surface area is 329 Å². The maximum absolute atomic E-state index is 5.07. The highest BCUT2D eigenvalue weighted by Gasteiger charge is 2.18. The zero-order valence-corrected chi connectivity index (χ0v) is 31.2. The van der Waals surface area contributed by atoms with Gasteiger partial charge in [0.25, 0.3) is 0 Å². The van der Waals surface area contributed by atoms with Crippen LogP contribution in [0.25, 0.3) is 100 Å². The molecule has 0 spiro atoms. The molecule has 0 saturated heterocycles. The minimum atomic E-state index is 0.637. The molecule has 11 rings (SSSR count). The number of para-hydroxylation sites is 3. The molecule has 0 aliphatic carbocycles. The van der Waals surface area contributed by atoms with Gasteiger partial charge >= 0.3 is 0 Å². The van der Waals surface area contributed by atoms with E-state index in [0.717, 1.165) is 55.6 Å². The molecule has 0 atom stereocenters. The molecule has 5 heteroatoms. The molecule has 8 aromatic carbocycles. The Balaban J connectivity index is 1.08. The van der Waals surface area contributed by atoms with Crippen molar-refractivity contribution in [2.45, 2.75) is 6.92 Å². The molecule has 0 saturated carbocycles. The van der Waals surface area contributed by atoms with Crippen LogP contribution in [-0.2, 0) is 0 Å². The number of hydrogen-bond acceptors (Lipinski definition) is 3. The summed E-state index contributed by atoms with van der Waals surface area (Å²) >= 11 is 0. The molecular weight excluding hydrogens is 695 g/mol. The van der Waals surface area contributed by atoms with Crippen molar-refractivity contribution in [1.29, 1.82) is 0 Å². The standard InChI is InChI=1S/C52H35N5/c1-34-14-8-11-21-45(34)57-48-30-26-38(35-24-28-40(29-25-35)56-46-22-12-9-19-41(46)42-20-10-13-23-47(42)56)32-43(48)44-33-39(27-31-49(44)57)52-54-50(36-15-4-2-5-16-36)53-51(55-52)37-17-6-3-7-18-37/h2-33H,1H3. The minimum absolute atomic E-state index is 0.637. The molecule has 0 amide bonds. The molecule has 5 nitrogen and oxygen atoms in total. The van der Waals surface area contributed by atoms with Crippen molar-refractivity contribution in [3.63, 3.8) is 0 Å². The Morgan fingerprint density at radius 1 is 0.316 bits per heavy atom. The SMILES string of the molecule is Cc1ccccc1-n1c2ccc(-c3ccc(-n4c5ccccc5c5ccccc54)cc3)cc2c2cc(-c3nc(-c4ccccc4)nc(-c4ccccc4)n3)ccc21. The predicted octanol–water partition coefficient (Wildman–Crippen LogP) is 13.0. The van der Waals surface area contributed by atoms with Gasteiger partial charge in [-0.2, -0.15) is 0 Å². The quantitative estimate of drug-likeness (QED) is 0.171. The fourth-order valence-corrected chi connectivity index (χ4v) is 8.36. The zero-order chi connectivity index (χ0) is 37.9. The number of aryl methyl sites for hydroxylation is 1. The van der Waals surface area contributed by atoms with Crippen LogP contribution in [0.4, 0.5) is 0 Å². The van der Waals surface area contributed by atoms with Crippen LogP contribution in [0.1, 0.15) is 5.56 Å². The van der Waals surface area contributed by atoms with E-state index < -0.39 is 0 Å². The van der Waals surface area contributed by atoms with Gasteiger partial charge in [-0.05, 0) is 84.3 Å². The number of aromatic nitrogens is 5. The normalized spacial score (nSPS) is 11.6. The molecule has 11 aromatic rings. The summed E-state index contributed by atoms with van der Waals surface area (Å²) in [5.74, 6) is 1.93. The molecule has 0 bridgehead atoms. The average Bonchev–Trinajstić information content (AvgIpc) is 3.79. The van der Waals surface area contributed by atoms with E-state index >= 15 is 0 Å².